The van der Waals surface area contributed by atoms with Crippen LogP contribution in [0.4, 0.5) is 4.79 Å². The molecule has 78 valence electrons. The van der Waals surface area contributed by atoms with E-state index in [1.54, 1.807) is 7.05 Å². The molecule has 15 heavy (non-hydrogen) atoms. The highest BCUT2D eigenvalue weighted by Gasteiger charge is 2.37. The van der Waals surface area contributed by atoms with E-state index >= 15 is 0 Å². The molecular weight excluding hydrogens is 192 g/mol. The van der Waals surface area contributed by atoms with E-state index in [0.717, 1.165) is 11.1 Å². The average molecular weight is 204 g/mol. The van der Waals surface area contributed by atoms with Gasteiger partial charge in [-0.05, 0) is 18.1 Å². The van der Waals surface area contributed by atoms with Crippen LogP contribution in [0.1, 0.15) is 17.2 Å². The average Bonchev–Trinajstić information content (AvgIpc) is 2.43. The van der Waals surface area contributed by atoms with Gasteiger partial charge in [0.1, 0.15) is 6.04 Å². The Morgan fingerprint density at radius 2 is 1.93 bits per heavy atom. The highest BCUT2D eigenvalue weighted by Crippen LogP contribution is 2.26. The predicted octanol–water partition coefficient (Wildman–Crippen LogP) is 1.22. The van der Waals surface area contributed by atoms with Crippen molar-refractivity contribution in [2.75, 3.05) is 7.05 Å². The van der Waals surface area contributed by atoms with E-state index in [2.05, 4.69) is 5.32 Å². The second-order valence-corrected chi connectivity index (χ2v) is 3.66. The van der Waals surface area contributed by atoms with Crippen molar-refractivity contribution in [1.29, 1.82) is 0 Å². The van der Waals surface area contributed by atoms with Crippen LogP contribution in [0.2, 0.25) is 0 Å². The number of nitrogens with one attached hydrogen (secondary N) is 1. The Morgan fingerprint density at radius 3 is 2.47 bits per heavy atom. The molecule has 0 radical (unpaired) electrons. The van der Waals surface area contributed by atoms with E-state index < -0.39 is 6.04 Å². The number of carbonyl (C=O) groups is 2. The summed E-state index contributed by atoms with van der Waals surface area (Å²) in [5.41, 5.74) is 1.89. The van der Waals surface area contributed by atoms with Crippen LogP contribution in [0, 0.1) is 6.92 Å². The van der Waals surface area contributed by atoms with Crippen molar-refractivity contribution in [3.8, 4) is 0 Å². The van der Waals surface area contributed by atoms with E-state index in [1.807, 2.05) is 31.2 Å². The zero-order valence-corrected chi connectivity index (χ0v) is 8.65. The van der Waals surface area contributed by atoms with Crippen molar-refractivity contribution in [3.05, 3.63) is 35.4 Å². The molecule has 1 N–H and O–H groups in total. The number of urea groups is 1. The van der Waals surface area contributed by atoms with E-state index in [9.17, 15) is 9.59 Å². The van der Waals surface area contributed by atoms with Crippen LogP contribution in [0.25, 0.3) is 0 Å². The number of amides is 3. The number of rotatable bonds is 1. The standard InChI is InChI=1S/C11H12N2O2/c1-7-5-3-4-6-8(7)9-10(14)12-11(15)13(9)2/h3-6,9H,1-2H3,(H,12,14,15). The molecular formula is C11H12N2O2. The molecule has 1 heterocycles. The molecule has 2 rings (SSSR count). The molecule has 1 saturated heterocycles. The van der Waals surface area contributed by atoms with Crippen molar-refractivity contribution in [3.63, 3.8) is 0 Å². The molecule has 1 aliphatic rings. The summed E-state index contributed by atoms with van der Waals surface area (Å²) in [5, 5.41) is 2.29. The molecule has 1 aromatic carbocycles. The highest BCUT2D eigenvalue weighted by molar-refractivity contribution is 6.04. The lowest BCUT2D eigenvalue weighted by atomic mass is 10.0. The van der Waals surface area contributed by atoms with Gasteiger partial charge < -0.3 is 4.90 Å². The van der Waals surface area contributed by atoms with Crippen LogP contribution in [0.3, 0.4) is 0 Å². The summed E-state index contributed by atoms with van der Waals surface area (Å²) in [4.78, 5) is 24.3. The third kappa shape index (κ3) is 1.48. The summed E-state index contributed by atoms with van der Waals surface area (Å²) in [5.74, 6) is -0.253. The fraction of sp³-hybridized carbons (Fsp3) is 0.273. The van der Waals surface area contributed by atoms with Crippen LogP contribution in [-0.2, 0) is 4.79 Å². The van der Waals surface area contributed by atoms with Crippen molar-refractivity contribution in [2.24, 2.45) is 0 Å². The van der Waals surface area contributed by atoms with Gasteiger partial charge in [-0.15, -0.1) is 0 Å². The molecule has 1 fully saturated rings. The third-order valence-corrected chi connectivity index (χ3v) is 2.67. The maximum absolute atomic E-state index is 11.6. The second kappa shape index (κ2) is 3.38. The lowest BCUT2D eigenvalue weighted by Gasteiger charge is -2.18. The van der Waals surface area contributed by atoms with Crippen LogP contribution >= 0.6 is 0 Å². The zero-order valence-electron chi connectivity index (χ0n) is 8.65. The molecule has 1 unspecified atom stereocenters. The van der Waals surface area contributed by atoms with Gasteiger partial charge in [0, 0.05) is 7.05 Å². The van der Waals surface area contributed by atoms with Gasteiger partial charge in [0.2, 0.25) is 0 Å². The Balaban J connectivity index is 2.43. The van der Waals surface area contributed by atoms with Gasteiger partial charge in [-0.25, -0.2) is 4.79 Å². The number of imide groups is 1. The van der Waals surface area contributed by atoms with Crippen molar-refractivity contribution >= 4 is 11.9 Å². The smallest absolute Gasteiger partial charge is 0.311 e. The van der Waals surface area contributed by atoms with Crippen LogP contribution < -0.4 is 5.32 Å². The molecule has 1 aromatic rings. The summed E-state index contributed by atoms with van der Waals surface area (Å²) < 4.78 is 0. The lowest BCUT2D eigenvalue weighted by Crippen LogP contribution is -2.25. The molecule has 4 nitrogen and oxygen atoms in total. The van der Waals surface area contributed by atoms with Crippen LogP contribution in [-0.4, -0.2) is 23.9 Å². The molecule has 0 saturated carbocycles. The third-order valence-electron chi connectivity index (χ3n) is 2.67. The number of nitrogens with zero attached hydrogens (tertiary/aromatic N) is 1. The van der Waals surface area contributed by atoms with Gasteiger partial charge in [-0.3, -0.25) is 10.1 Å². The molecule has 0 aliphatic carbocycles. The van der Waals surface area contributed by atoms with Gasteiger partial charge >= 0.3 is 6.03 Å². The molecule has 0 bridgehead atoms. The van der Waals surface area contributed by atoms with Gasteiger partial charge in [-0.2, -0.15) is 0 Å². The quantitative estimate of drug-likeness (QED) is 0.699. The Hall–Kier alpha value is -1.84. The minimum absolute atomic E-state index is 0.253. The summed E-state index contributed by atoms with van der Waals surface area (Å²) in [7, 11) is 1.62. The molecule has 0 spiro atoms. The van der Waals surface area contributed by atoms with Gasteiger partial charge in [0.05, 0.1) is 0 Å². The molecule has 1 atom stereocenters. The van der Waals surface area contributed by atoms with Gasteiger partial charge in [0.25, 0.3) is 5.91 Å². The highest BCUT2D eigenvalue weighted by atomic mass is 16.2. The SMILES string of the molecule is Cc1ccccc1C1C(=O)NC(=O)N1C. The number of likely N-dealkylation sites (N-methyl/N-ethyl adjacent to an activating group) is 1. The minimum Gasteiger partial charge on any atom is -0.311 e. The first-order valence-corrected chi connectivity index (χ1v) is 4.74. The molecule has 1 aliphatic heterocycles. The first-order valence-electron chi connectivity index (χ1n) is 4.74. The number of carbonyl (C=O) groups excluding carboxylic acids is 2. The lowest BCUT2D eigenvalue weighted by molar-refractivity contribution is -0.121. The maximum Gasteiger partial charge on any atom is 0.324 e. The monoisotopic (exact) mass is 204 g/mol. The summed E-state index contributed by atoms with van der Waals surface area (Å²) in [6, 6.07) is 6.75. The Bertz CT molecular complexity index is 428. The number of hydrogen-bond donors (Lipinski definition) is 1. The van der Waals surface area contributed by atoms with Crippen molar-refractivity contribution in [2.45, 2.75) is 13.0 Å². The largest absolute Gasteiger partial charge is 0.324 e. The zero-order chi connectivity index (χ0) is 11.0. The normalized spacial score (nSPS) is 20.7. The van der Waals surface area contributed by atoms with Gasteiger partial charge in [-0.1, -0.05) is 24.3 Å². The van der Waals surface area contributed by atoms with E-state index in [-0.39, 0.29) is 11.9 Å². The first-order chi connectivity index (χ1) is 7.11. The Kier molecular flexibility index (Phi) is 2.19. The molecule has 3 amide bonds. The number of hydrogen-bond acceptors (Lipinski definition) is 2. The molecule has 0 aromatic heterocycles. The Labute approximate surface area is 87.9 Å². The van der Waals surface area contributed by atoms with E-state index in [0.29, 0.717) is 0 Å². The summed E-state index contributed by atoms with van der Waals surface area (Å²) in [6.07, 6.45) is 0. The fourth-order valence-electron chi connectivity index (χ4n) is 1.80. The predicted molar refractivity (Wildman–Crippen MR) is 55.2 cm³/mol. The maximum atomic E-state index is 11.6. The van der Waals surface area contributed by atoms with E-state index in [1.165, 1.54) is 4.90 Å². The number of benzene rings is 1. The minimum atomic E-state index is -0.487. The van der Waals surface area contributed by atoms with E-state index in [4.69, 9.17) is 0 Å². The summed E-state index contributed by atoms with van der Waals surface area (Å²) >= 11 is 0. The number of aryl methyl sites for hydroxylation is 1. The summed E-state index contributed by atoms with van der Waals surface area (Å²) in [6.45, 7) is 1.93. The molecule has 4 heteroatoms. The topological polar surface area (TPSA) is 49.4 Å². The van der Waals surface area contributed by atoms with Crippen LogP contribution in [0.15, 0.2) is 24.3 Å². The fourth-order valence-corrected chi connectivity index (χ4v) is 1.80. The first kappa shape index (κ1) is 9.71. The van der Waals surface area contributed by atoms with Gasteiger partial charge in [0.15, 0.2) is 0 Å². The Morgan fingerprint density at radius 1 is 1.27 bits per heavy atom. The van der Waals surface area contributed by atoms with Crippen molar-refractivity contribution < 1.29 is 9.59 Å². The second-order valence-electron chi connectivity index (χ2n) is 3.66. The van der Waals surface area contributed by atoms with Crippen molar-refractivity contribution in [1.82, 2.24) is 10.2 Å². The van der Waals surface area contributed by atoms with Crippen LogP contribution in [0.5, 0.6) is 0 Å².